The van der Waals surface area contributed by atoms with Crippen LogP contribution in [0.1, 0.15) is 39.5 Å². The molecule has 0 amide bonds. The molecule has 2 heteroatoms. The fourth-order valence-corrected chi connectivity index (χ4v) is 0.941. The van der Waals surface area contributed by atoms with Gasteiger partial charge in [0.05, 0.1) is 0 Å². The van der Waals surface area contributed by atoms with E-state index in [1.165, 1.54) is 0 Å². The van der Waals surface area contributed by atoms with Crippen LogP contribution in [0.3, 0.4) is 0 Å². The van der Waals surface area contributed by atoms with Gasteiger partial charge < -0.3 is 4.74 Å². The Morgan fingerprint density at radius 3 is 2.58 bits per heavy atom. The first-order chi connectivity index (χ1) is 5.74. The van der Waals surface area contributed by atoms with Crippen molar-refractivity contribution in [2.75, 3.05) is 0 Å². The minimum absolute atomic E-state index is 0.0888. The fraction of sp³-hybridized carbons (Fsp3) is 0.700. The Morgan fingerprint density at radius 1 is 1.50 bits per heavy atom. The molecule has 0 aliphatic heterocycles. The highest BCUT2D eigenvalue weighted by Gasteiger charge is 2.08. The first kappa shape index (κ1) is 11.2. The number of hydrogen-bond acceptors (Lipinski definition) is 2. The lowest BCUT2D eigenvalue weighted by atomic mass is 10.2. The number of esters is 1. The number of rotatable bonds is 6. The molecule has 0 N–H and O–H groups in total. The van der Waals surface area contributed by atoms with Crippen molar-refractivity contribution >= 4 is 5.97 Å². The molecular formula is C10H18O2. The van der Waals surface area contributed by atoms with Crippen LogP contribution in [0.4, 0.5) is 0 Å². The number of hydrogen-bond donors (Lipinski definition) is 0. The fourth-order valence-electron chi connectivity index (χ4n) is 0.941. The van der Waals surface area contributed by atoms with Gasteiger partial charge in [0.15, 0.2) is 0 Å². The Bertz CT molecular complexity index is 141. The lowest BCUT2D eigenvalue weighted by Gasteiger charge is -2.12. The standard InChI is InChI=1S/C10H18O2/c1-4-7-9(6-3)12-10(11)8-5-2/h6,9H,3-5,7-8H2,1-2H3. The van der Waals surface area contributed by atoms with Crippen LogP contribution in [-0.2, 0) is 9.53 Å². The summed E-state index contributed by atoms with van der Waals surface area (Å²) >= 11 is 0. The van der Waals surface area contributed by atoms with Gasteiger partial charge in [0.2, 0.25) is 0 Å². The van der Waals surface area contributed by atoms with Crippen molar-refractivity contribution in [2.24, 2.45) is 0 Å². The first-order valence-corrected chi connectivity index (χ1v) is 4.56. The van der Waals surface area contributed by atoms with Crippen LogP contribution in [0.25, 0.3) is 0 Å². The van der Waals surface area contributed by atoms with Crippen molar-refractivity contribution in [1.82, 2.24) is 0 Å². The van der Waals surface area contributed by atoms with E-state index < -0.39 is 0 Å². The Morgan fingerprint density at radius 2 is 2.17 bits per heavy atom. The molecule has 0 aromatic rings. The normalized spacial score (nSPS) is 12.2. The molecule has 0 spiro atoms. The number of carbonyl (C=O) groups is 1. The second kappa shape index (κ2) is 6.89. The Balaban J connectivity index is 3.68. The minimum atomic E-state index is -0.115. The van der Waals surface area contributed by atoms with Gasteiger partial charge in [0.25, 0.3) is 0 Å². The van der Waals surface area contributed by atoms with Crippen molar-refractivity contribution in [1.29, 1.82) is 0 Å². The van der Waals surface area contributed by atoms with Gasteiger partial charge in [-0.3, -0.25) is 4.79 Å². The van der Waals surface area contributed by atoms with Crippen molar-refractivity contribution in [3.63, 3.8) is 0 Å². The maximum absolute atomic E-state index is 11.0. The molecule has 70 valence electrons. The maximum atomic E-state index is 11.0. The Kier molecular flexibility index (Phi) is 6.44. The molecule has 0 saturated heterocycles. The van der Waals surface area contributed by atoms with Gasteiger partial charge in [0.1, 0.15) is 6.10 Å². The summed E-state index contributed by atoms with van der Waals surface area (Å²) in [4.78, 5) is 11.0. The van der Waals surface area contributed by atoms with Gasteiger partial charge >= 0.3 is 5.97 Å². The zero-order valence-corrected chi connectivity index (χ0v) is 8.01. The van der Waals surface area contributed by atoms with E-state index in [1.54, 1.807) is 6.08 Å². The molecule has 0 aromatic carbocycles. The highest BCUT2D eigenvalue weighted by Crippen LogP contribution is 2.05. The summed E-state index contributed by atoms with van der Waals surface area (Å²) in [5, 5.41) is 0. The molecule has 0 fully saturated rings. The van der Waals surface area contributed by atoms with E-state index in [4.69, 9.17) is 4.74 Å². The minimum Gasteiger partial charge on any atom is -0.458 e. The molecule has 0 radical (unpaired) electrons. The third-order valence-corrected chi connectivity index (χ3v) is 1.57. The predicted molar refractivity (Wildman–Crippen MR) is 49.9 cm³/mol. The topological polar surface area (TPSA) is 26.3 Å². The van der Waals surface area contributed by atoms with E-state index in [-0.39, 0.29) is 12.1 Å². The van der Waals surface area contributed by atoms with E-state index in [0.717, 1.165) is 19.3 Å². The van der Waals surface area contributed by atoms with E-state index in [9.17, 15) is 4.79 Å². The second-order valence-corrected chi connectivity index (χ2v) is 2.80. The molecule has 0 aliphatic carbocycles. The van der Waals surface area contributed by atoms with Gasteiger partial charge in [-0.2, -0.15) is 0 Å². The van der Waals surface area contributed by atoms with Gasteiger partial charge in [-0.25, -0.2) is 0 Å². The zero-order valence-electron chi connectivity index (χ0n) is 8.01. The molecule has 0 saturated carbocycles. The molecule has 1 atom stereocenters. The van der Waals surface area contributed by atoms with Gasteiger partial charge in [0, 0.05) is 6.42 Å². The van der Waals surface area contributed by atoms with E-state index in [0.29, 0.717) is 6.42 Å². The van der Waals surface area contributed by atoms with Crippen LogP contribution < -0.4 is 0 Å². The van der Waals surface area contributed by atoms with Crippen LogP contribution in [0, 0.1) is 0 Å². The average Bonchev–Trinajstić information content (AvgIpc) is 2.04. The summed E-state index contributed by atoms with van der Waals surface area (Å²) in [6.45, 7) is 7.64. The molecule has 2 nitrogen and oxygen atoms in total. The molecule has 0 aromatic heterocycles. The van der Waals surface area contributed by atoms with Crippen LogP contribution in [0.5, 0.6) is 0 Å². The van der Waals surface area contributed by atoms with Crippen LogP contribution >= 0.6 is 0 Å². The molecule has 0 aliphatic rings. The van der Waals surface area contributed by atoms with Gasteiger partial charge in [-0.05, 0) is 12.8 Å². The summed E-state index contributed by atoms with van der Waals surface area (Å²) in [6, 6.07) is 0. The molecule has 12 heavy (non-hydrogen) atoms. The SMILES string of the molecule is C=CC(CCC)OC(=O)CCC. The highest BCUT2D eigenvalue weighted by atomic mass is 16.5. The Labute approximate surface area is 74.6 Å². The van der Waals surface area contributed by atoms with Crippen LogP contribution in [0.2, 0.25) is 0 Å². The zero-order chi connectivity index (χ0) is 9.40. The quantitative estimate of drug-likeness (QED) is 0.452. The first-order valence-electron chi connectivity index (χ1n) is 4.56. The molecular weight excluding hydrogens is 152 g/mol. The summed E-state index contributed by atoms with van der Waals surface area (Å²) in [5.74, 6) is -0.115. The lowest BCUT2D eigenvalue weighted by molar-refractivity contribution is -0.147. The third kappa shape index (κ3) is 4.94. The number of ether oxygens (including phenoxy) is 1. The van der Waals surface area contributed by atoms with E-state index >= 15 is 0 Å². The largest absolute Gasteiger partial charge is 0.458 e. The van der Waals surface area contributed by atoms with Crippen LogP contribution in [-0.4, -0.2) is 12.1 Å². The van der Waals surface area contributed by atoms with Gasteiger partial charge in [-0.1, -0.05) is 32.9 Å². The second-order valence-electron chi connectivity index (χ2n) is 2.80. The monoisotopic (exact) mass is 170 g/mol. The molecule has 0 rings (SSSR count). The third-order valence-electron chi connectivity index (χ3n) is 1.57. The average molecular weight is 170 g/mol. The lowest BCUT2D eigenvalue weighted by Crippen LogP contribution is -2.15. The summed E-state index contributed by atoms with van der Waals surface area (Å²) in [5.41, 5.74) is 0. The van der Waals surface area contributed by atoms with Gasteiger partial charge in [-0.15, -0.1) is 0 Å². The molecule has 0 bridgehead atoms. The molecule has 1 unspecified atom stereocenters. The summed E-state index contributed by atoms with van der Waals surface area (Å²) in [6.07, 6.45) is 4.84. The van der Waals surface area contributed by atoms with Crippen molar-refractivity contribution in [3.05, 3.63) is 12.7 Å². The summed E-state index contributed by atoms with van der Waals surface area (Å²) in [7, 11) is 0. The molecule has 0 heterocycles. The van der Waals surface area contributed by atoms with E-state index in [1.807, 2.05) is 6.92 Å². The van der Waals surface area contributed by atoms with Crippen molar-refractivity contribution in [3.8, 4) is 0 Å². The highest BCUT2D eigenvalue weighted by molar-refractivity contribution is 5.69. The Hall–Kier alpha value is -0.790. The maximum Gasteiger partial charge on any atom is 0.306 e. The summed E-state index contributed by atoms with van der Waals surface area (Å²) < 4.78 is 5.12. The van der Waals surface area contributed by atoms with Crippen molar-refractivity contribution in [2.45, 2.75) is 45.6 Å². The van der Waals surface area contributed by atoms with Crippen molar-refractivity contribution < 1.29 is 9.53 Å². The number of carbonyl (C=O) groups excluding carboxylic acids is 1. The van der Waals surface area contributed by atoms with Crippen LogP contribution in [0.15, 0.2) is 12.7 Å². The predicted octanol–water partition coefficient (Wildman–Crippen LogP) is 2.68. The van der Waals surface area contributed by atoms with E-state index in [2.05, 4.69) is 13.5 Å². The smallest absolute Gasteiger partial charge is 0.306 e.